The lowest BCUT2D eigenvalue weighted by molar-refractivity contribution is 0.338. The minimum atomic E-state index is 0.560. The van der Waals surface area contributed by atoms with Crippen LogP contribution in [-0.2, 0) is 6.54 Å². The Morgan fingerprint density at radius 1 is 1.44 bits per heavy atom. The lowest BCUT2D eigenvalue weighted by Crippen LogP contribution is -2.27. The summed E-state index contributed by atoms with van der Waals surface area (Å²) in [5, 5.41) is 4.08. The van der Waals surface area contributed by atoms with Crippen LogP contribution in [0.3, 0.4) is 0 Å². The smallest absolute Gasteiger partial charge is 0.129 e. The molecule has 1 aliphatic rings. The monoisotopic (exact) mass is 238 g/mol. The van der Waals surface area contributed by atoms with Gasteiger partial charge in [-0.3, -0.25) is 0 Å². The third-order valence-corrected chi connectivity index (χ3v) is 3.94. The van der Waals surface area contributed by atoms with Gasteiger partial charge in [-0.05, 0) is 35.8 Å². The Morgan fingerprint density at radius 2 is 2.19 bits per heavy atom. The molecule has 3 heteroatoms. The molecule has 0 radical (unpaired) electrons. The quantitative estimate of drug-likeness (QED) is 0.797. The average Bonchev–Trinajstić information content (AvgIpc) is 3.02. The molecule has 88 valence electrons. The van der Waals surface area contributed by atoms with Crippen LogP contribution in [0.5, 0.6) is 0 Å². The summed E-state index contributed by atoms with van der Waals surface area (Å²) in [4.78, 5) is 4.07. The average molecular weight is 239 g/mol. The molecular weight excluding hydrogens is 220 g/mol. The molecule has 1 aliphatic carbocycles. The first-order valence-corrected chi connectivity index (χ1v) is 6.31. The van der Waals surface area contributed by atoms with Crippen LogP contribution in [0, 0.1) is 11.3 Å². The molecule has 1 aromatic heterocycles. The van der Waals surface area contributed by atoms with E-state index in [9.17, 15) is 0 Å². The number of nitrogens with one attached hydrogen (secondary N) is 1. The topological polar surface area (TPSA) is 24.9 Å². The number of hydrogen-bond donors (Lipinski definition) is 1. The second kappa shape index (κ2) is 4.72. The minimum Gasteiger partial charge on any atom is -0.312 e. The third-order valence-electron chi connectivity index (χ3n) is 3.71. The molecule has 2 nitrogen and oxygen atoms in total. The Balaban J connectivity index is 1.78. The van der Waals surface area contributed by atoms with Crippen molar-refractivity contribution in [2.75, 3.05) is 6.54 Å². The highest BCUT2D eigenvalue weighted by Gasteiger charge is 2.44. The summed E-state index contributed by atoms with van der Waals surface area (Å²) in [5.41, 5.74) is 1.77. The molecule has 0 aliphatic heterocycles. The van der Waals surface area contributed by atoms with Crippen molar-refractivity contribution in [2.45, 2.75) is 33.2 Å². The van der Waals surface area contributed by atoms with Crippen molar-refractivity contribution in [2.24, 2.45) is 11.3 Å². The van der Waals surface area contributed by atoms with Crippen LogP contribution in [0.15, 0.2) is 18.3 Å². The zero-order valence-electron chi connectivity index (χ0n) is 9.96. The Bertz CT molecular complexity index is 341. The number of hydrogen-bond acceptors (Lipinski definition) is 2. The molecule has 0 saturated heterocycles. The first kappa shape index (κ1) is 11.9. The first-order valence-electron chi connectivity index (χ1n) is 5.93. The molecular formula is C13H19ClN2. The number of rotatable bonds is 5. The molecule has 0 unspecified atom stereocenters. The molecule has 1 N–H and O–H groups in total. The largest absolute Gasteiger partial charge is 0.312 e. The second-order valence-electron chi connectivity index (χ2n) is 5.11. The lowest BCUT2D eigenvalue weighted by atomic mass is 9.92. The number of nitrogens with zero attached hydrogens (tertiary/aromatic N) is 1. The van der Waals surface area contributed by atoms with Crippen molar-refractivity contribution in [1.29, 1.82) is 0 Å². The maximum atomic E-state index is 5.74. The van der Waals surface area contributed by atoms with Gasteiger partial charge in [-0.1, -0.05) is 31.5 Å². The molecule has 0 amide bonds. The van der Waals surface area contributed by atoms with E-state index in [0.29, 0.717) is 10.6 Å². The number of aromatic nitrogens is 1. The standard InChI is InChI=1S/C13H19ClN2/c1-10(2)13(5-6-13)9-15-7-11-3-4-12(14)16-8-11/h3-4,8,10,15H,5-7,9H2,1-2H3. The van der Waals surface area contributed by atoms with Gasteiger partial charge in [0.05, 0.1) is 0 Å². The van der Waals surface area contributed by atoms with Gasteiger partial charge in [0.1, 0.15) is 5.15 Å². The van der Waals surface area contributed by atoms with E-state index in [1.54, 1.807) is 0 Å². The van der Waals surface area contributed by atoms with Crippen molar-refractivity contribution in [1.82, 2.24) is 10.3 Å². The summed E-state index contributed by atoms with van der Waals surface area (Å²) >= 11 is 5.74. The van der Waals surface area contributed by atoms with Crippen LogP contribution < -0.4 is 5.32 Å². The van der Waals surface area contributed by atoms with Gasteiger partial charge in [0.2, 0.25) is 0 Å². The predicted octanol–water partition coefficient (Wildman–Crippen LogP) is 3.26. The Morgan fingerprint density at radius 3 is 2.69 bits per heavy atom. The van der Waals surface area contributed by atoms with E-state index in [2.05, 4.69) is 24.1 Å². The highest BCUT2D eigenvalue weighted by atomic mass is 35.5. The molecule has 1 fully saturated rings. The second-order valence-corrected chi connectivity index (χ2v) is 5.50. The van der Waals surface area contributed by atoms with Crippen molar-refractivity contribution in [3.05, 3.63) is 29.0 Å². The maximum Gasteiger partial charge on any atom is 0.129 e. The van der Waals surface area contributed by atoms with Crippen molar-refractivity contribution in [3.8, 4) is 0 Å². The van der Waals surface area contributed by atoms with E-state index < -0.39 is 0 Å². The lowest BCUT2D eigenvalue weighted by Gasteiger charge is -2.20. The first-order chi connectivity index (χ1) is 7.62. The zero-order valence-corrected chi connectivity index (χ0v) is 10.7. The summed E-state index contributed by atoms with van der Waals surface area (Å²) in [6.07, 6.45) is 4.58. The van der Waals surface area contributed by atoms with Crippen molar-refractivity contribution in [3.63, 3.8) is 0 Å². The van der Waals surface area contributed by atoms with Gasteiger partial charge in [-0.2, -0.15) is 0 Å². The van der Waals surface area contributed by atoms with Crippen LogP contribution in [0.4, 0.5) is 0 Å². The molecule has 1 saturated carbocycles. The third kappa shape index (κ3) is 2.74. The van der Waals surface area contributed by atoms with Gasteiger partial charge in [-0.25, -0.2) is 4.98 Å². The van der Waals surface area contributed by atoms with Crippen molar-refractivity contribution >= 4 is 11.6 Å². The molecule has 1 heterocycles. The van der Waals surface area contributed by atoms with Crippen LogP contribution >= 0.6 is 11.6 Å². The fraction of sp³-hybridized carbons (Fsp3) is 0.615. The molecule has 16 heavy (non-hydrogen) atoms. The van der Waals surface area contributed by atoms with Gasteiger partial charge in [0, 0.05) is 19.3 Å². The summed E-state index contributed by atoms with van der Waals surface area (Å²) in [7, 11) is 0. The normalized spacial score (nSPS) is 17.8. The SMILES string of the molecule is CC(C)C1(CNCc2ccc(Cl)nc2)CC1. The van der Waals surface area contributed by atoms with Crippen LogP contribution in [0.1, 0.15) is 32.3 Å². The molecule has 0 bridgehead atoms. The van der Waals surface area contributed by atoms with Crippen LogP contribution in [0.2, 0.25) is 5.15 Å². The molecule has 1 aromatic rings. The van der Waals surface area contributed by atoms with E-state index >= 15 is 0 Å². The fourth-order valence-corrected chi connectivity index (χ4v) is 2.20. The predicted molar refractivity (Wildman–Crippen MR) is 67.5 cm³/mol. The molecule has 2 rings (SSSR count). The van der Waals surface area contributed by atoms with Crippen LogP contribution in [-0.4, -0.2) is 11.5 Å². The number of halogens is 1. The number of pyridine rings is 1. The Labute approximate surface area is 102 Å². The van der Waals surface area contributed by atoms with Gasteiger partial charge in [-0.15, -0.1) is 0 Å². The van der Waals surface area contributed by atoms with E-state index in [1.165, 1.54) is 18.4 Å². The van der Waals surface area contributed by atoms with E-state index in [4.69, 9.17) is 11.6 Å². The van der Waals surface area contributed by atoms with Gasteiger partial charge < -0.3 is 5.32 Å². The van der Waals surface area contributed by atoms with E-state index in [-0.39, 0.29) is 0 Å². The van der Waals surface area contributed by atoms with Gasteiger partial charge in [0.25, 0.3) is 0 Å². The van der Waals surface area contributed by atoms with Gasteiger partial charge >= 0.3 is 0 Å². The fourth-order valence-electron chi connectivity index (χ4n) is 2.09. The summed E-state index contributed by atoms with van der Waals surface area (Å²) in [6, 6.07) is 3.87. The highest BCUT2D eigenvalue weighted by molar-refractivity contribution is 6.29. The van der Waals surface area contributed by atoms with E-state index in [1.807, 2.05) is 18.3 Å². The molecule has 0 spiro atoms. The Hall–Kier alpha value is -0.600. The highest BCUT2D eigenvalue weighted by Crippen LogP contribution is 2.51. The molecule has 0 atom stereocenters. The Kier molecular flexibility index (Phi) is 3.50. The summed E-state index contributed by atoms with van der Waals surface area (Å²) in [5.74, 6) is 0.781. The summed E-state index contributed by atoms with van der Waals surface area (Å²) in [6.45, 7) is 6.64. The van der Waals surface area contributed by atoms with Crippen LogP contribution in [0.25, 0.3) is 0 Å². The van der Waals surface area contributed by atoms with Gasteiger partial charge in [0.15, 0.2) is 0 Å². The maximum absolute atomic E-state index is 5.74. The summed E-state index contributed by atoms with van der Waals surface area (Å²) < 4.78 is 0. The minimum absolute atomic E-state index is 0.560. The van der Waals surface area contributed by atoms with E-state index in [0.717, 1.165) is 19.0 Å². The zero-order chi connectivity index (χ0) is 11.6. The van der Waals surface area contributed by atoms with Crippen molar-refractivity contribution < 1.29 is 0 Å². The molecule has 0 aromatic carbocycles.